The second-order valence-electron chi connectivity index (χ2n) is 8.91. The second-order valence-corrected chi connectivity index (χ2v) is 8.91. The summed E-state index contributed by atoms with van der Waals surface area (Å²) in [6.07, 6.45) is 0.0151. The minimum atomic E-state index is -0.700. The van der Waals surface area contributed by atoms with E-state index in [1.807, 2.05) is 26.0 Å². The van der Waals surface area contributed by atoms with Crippen molar-refractivity contribution in [3.05, 3.63) is 65.2 Å². The van der Waals surface area contributed by atoms with Crippen LogP contribution in [0.1, 0.15) is 31.0 Å². The van der Waals surface area contributed by atoms with Crippen molar-refractivity contribution in [1.29, 1.82) is 0 Å². The zero-order valence-corrected chi connectivity index (χ0v) is 20.4. The Morgan fingerprint density at radius 1 is 1.00 bits per heavy atom. The number of nitrogens with zero attached hydrogens (tertiary/aromatic N) is 2. The van der Waals surface area contributed by atoms with Crippen LogP contribution < -0.4 is 9.47 Å². The molecule has 0 bridgehead atoms. The van der Waals surface area contributed by atoms with Gasteiger partial charge in [0.05, 0.1) is 38.0 Å². The van der Waals surface area contributed by atoms with Crippen molar-refractivity contribution in [3.8, 4) is 11.5 Å². The third-order valence-corrected chi connectivity index (χ3v) is 6.23. The molecule has 35 heavy (non-hydrogen) atoms. The van der Waals surface area contributed by atoms with E-state index in [0.717, 1.165) is 18.7 Å². The van der Waals surface area contributed by atoms with Gasteiger partial charge in [-0.15, -0.1) is 0 Å². The monoisotopic (exact) mass is 480 g/mol. The van der Waals surface area contributed by atoms with Crippen molar-refractivity contribution in [2.75, 3.05) is 46.5 Å². The van der Waals surface area contributed by atoms with E-state index in [1.165, 1.54) is 0 Å². The predicted molar refractivity (Wildman–Crippen MR) is 131 cm³/mol. The van der Waals surface area contributed by atoms with Gasteiger partial charge >= 0.3 is 0 Å². The molecule has 0 aromatic heterocycles. The van der Waals surface area contributed by atoms with Crippen LogP contribution in [0.4, 0.5) is 0 Å². The highest BCUT2D eigenvalue weighted by Crippen LogP contribution is 2.40. The van der Waals surface area contributed by atoms with E-state index < -0.39 is 17.7 Å². The number of aliphatic hydroxyl groups is 1. The predicted octanol–water partition coefficient (Wildman–Crippen LogP) is 3.24. The molecule has 1 atom stereocenters. The number of benzene rings is 2. The van der Waals surface area contributed by atoms with Gasteiger partial charge in [-0.05, 0) is 55.8 Å². The van der Waals surface area contributed by atoms with Gasteiger partial charge < -0.3 is 24.2 Å². The lowest BCUT2D eigenvalue weighted by Crippen LogP contribution is -2.42. The van der Waals surface area contributed by atoms with Crippen LogP contribution in [0.15, 0.2) is 54.1 Å². The maximum absolute atomic E-state index is 13.2. The van der Waals surface area contributed by atoms with Gasteiger partial charge in [-0.25, -0.2) is 0 Å². The van der Waals surface area contributed by atoms with Gasteiger partial charge in [0.25, 0.3) is 11.7 Å². The number of hydrogen-bond acceptors (Lipinski definition) is 7. The highest BCUT2D eigenvalue weighted by Gasteiger charge is 2.46. The van der Waals surface area contributed by atoms with Crippen molar-refractivity contribution in [2.24, 2.45) is 0 Å². The Morgan fingerprint density at radius 2 is 1.63 bits per heavy atom. The zero-order valence-electron chi connectivity index (χ0n) is 20.4. The summed E-state index contributed by atoms with van der Waals surface area (Å²) >= 11 is 0. The number of likely N-dealkylation sites (tertiary alicyclic amines) is 1. The van der Waals surface area contributed by atoms with Crippen LogP contribution in [0.2, 0.25) is 0 Å². The lowest BCUT2D eigenvalue weighted by molar-refractivity contribution is -0.140. The molecule has 2 fully saturated rings. The molecule has 0 spiro atoms. The average molecular weight is 481 g/mol. The summed E-state index contributed by atoms with van der Waals surface area (Å²) in [7, 11) is 1.58. The number of rotatable bonds is 8. The van der Waals surface area contributed by atoms with E-state index in [2.05, 4.69) is 4.90 Å². The Labute approximate surface area is 205 Å². The van der Waals surface area contributed by atoms with E-state index in [1.54, 1.807) is 48.4 Å². The van der Waals surface area contributed by atoms with Gasteiger partial charge in [0.15, 0.2) is 0 Å². The summed E-state index contributed by atoms with van der Waals surface area (Å²) in [4.78, 5) is 30.1. The Morgan fingerprint density at radius 3 is 2.23 bits per heavy atom. The van der Waals surface area contributed by atoms with Crippen molar-refractivity contribution in [1.82, 2.24) is 9.80 Å². The molecule has 0 aliphatic carbocycles. The summed E-state index contributed by atoms with van der Waals surface area (Å²) < 4.78 is 16.4. The van der Waals surface area contributed by atoms with Crippen molar-refractivity contribution in [3.63, 3.8) is 0 Å². The van der Waals surface area contributed by atoms with E-state index in [-0.39, 0.29) is 17.4 Å². The maximum atomic E-state index is 13.2. The average Bonchev–Trinajstić information content (AvgIpc) is 3.12. The summed E-state index contributed by atoms with van der Waals surface area (Å²) in [6.45, 7) is 7.70. The van der Waals surface area contributed by atoms with Crippen LogP contribution in [-0.4, -0.2) is 79.2 Å². The fourth-order valence-corrected chi connectivity index (χ4v) is 4.44. The number of amides is 1. The van der Waals surface area contributed by atoms with Crippen LogP contribution in [0.5, 0.6) is 11.5 Å². The number of Topliss-reactive ketones (excluding diaryl/α,β-unsaturated/α-hetero) is 1. The van der Waals surface area contributed by atoms with Gasteiger partial charge in [-0.2, -0.15) is 0 Å². The minimum absolute atomic E-state index is 0.0151. The normalized spacial score (nSPS) is 20.5. The molecule has 2 aromatic carbocycles. The highest BCUT2D eigenvalue weighted by atomic mass is 16.5. The molecular formula is C27H32N2O6. The molecule has 1 amide bonds. The molecule has 1 N–H and O–H groups in total. The van der Waals surface area contributed by atoms with Gasteiger partial charge in [0, 0.05) is 31.7 Å². The first-order chi connectivity index (χ1) is 16.9. The van der Waals surface area contributed by atoms with Gasteiger partial charge in [-0.3, -0.25) is 14.5 Å². The standard InChI is InChI=1S/C27H32N2O6/c1-18(2)35-22-10-6-20(7-11-22)25(30)23-24(19-4-8-21(33-3)9-5-19)29(27(32)26(23)31)13-12-28-14-16-34-17-15-28/h4-11,18,24,30H,12-17H2,1-3H3/b25-23+/t24-/m1/s1. The Bertz CT molecular complexity index is 1070. The number of morpholine rings is 1. The quantitative estimate of drug-likeness (QED) is 0.353. The van der Waals surface area contributed by atoms with Crippen LogP contribution in [0.25, 0.3) is 5.76 Å². The molecule has 2 aromatic rings. The number of ketones is 1. The second kappa shape index (κ2) is 10.9. The summed E-state index contributed by atoms with van der Waals surface area (Å²) in [5, 5.41) is 11.2. The first-order valence-corrected chi connectivity index (χ1v) is 11.9. The fraction of sp³-hybridized carbons (Fsp3) is 0.407. The van der Waals surface area contributed by atoms with Crippen LogP contribution >= 0.6 is 0 Å². The topological polar surface area (TPSA) is 88.5 Å². The molecule has 2 aliphatic rings. The largest absolute Gasteiger partial charge is 0.507 e. The smallest absolute Gasteiger partial charge is 0.295 e. The maximum Gasteiger partial charge on any atom is 0.295 e. The molecule has 4 rings (SSSR count). The molecule has 0 radical (unpaired) electrons. The SMILES string of the molecule is COc1ccc([C@@H]2/C(=C(\O)c3ccc(OC(C)C)cc3)C(=O)C(=O)N2CCN2CCOCC2)cc1. The molecule has 2 aliphatic heterocycles. The summed E-state index contributed by atoms with van der Waals surface area (Å²) in [5.74, 6) is -0.170. The number of carbonyl (C=O) groups excluding carboxylic acids is 2. The van der Waals surface area contributed by atoms with Crippen molar-refractivity contribution in [2.45, 2.75) is 26.0 Å². The first-order valence-electron chi connectivity index (χ1n) is 11.9. The highest BCUT2D eigenvalue weighted by molar-refractivity contribution is 6.46. The van der Waals surface area contributed by atoms with E-state index in [9.17, 15) is 14.7 Å². The van der Waals surface area contributed by atoms with Gasteiger partial charge in [0.2, 0.25) is 0 Å². The number of carbonyl (C=O) groups is 2. The Kier molecular flexibility index (Phi) is 7.73. The summed E-state index contributed by atoms with van der Waals surface area (Å²) in [6, 6.07) is 13.4. The number of ether oxygens (including phenoxy) is 3. The molecule has 2 heterocycles. The molecule has 0 saturated carbocycles. The molecule has 0 unspecified atom stereocenters. The Balaban J connectivity index is 1.69. The first kappa shape index (κ1) is 24.8. The van der Waals surface area contributed by atoms with E-state index in [4.69, 9.17) is 14.2 Å². The molecule has 8 heteroatoms. The van der Waals surface area contributed by atoms with Crippen LogP contribution in [-0.2, 0) is 14.3 Å². The molecule has 186 valence electrons. The van der Waals surface area contributed by atoms with E-state index in [0.29, 0.717) is 43.4 Å². The fourth-order valence-electron chi connectivity index (χ4n) is 4.44. The lowest BCUT2D eigenvalue weighted by atomic mass is 9.95. The van der Waals surface area contributed by atoms with Crippen LogP contribution in [0.3, 0.4) is 0 Å². The van der Waals surface area contributed by atoms with Crippen molar-refractivity contribution < 1.29 is 28.9 Å². The molecule has 8 nitrogen and oxygen atoms in total. The Hall–Kier alpha value is -3.36. The van der Waals surface area contributed by atoms with Gasteiger partial charge in [-0.1, -0.05) is 12.1 Å². The number of methoxy groups -OCH3 is 1. The number of hydrogen-bond donors (Lipinski definition) is 1. The zero-order chi connectivity index (χ0) is 24.9. The van der Waals surface area contributed by atoms with Gasteiger partial charge in [0.1, 0.15) is 17.3 Å². The van der Waals surface area contributed by atoms with Crippen LogP contribution in [0, 0.1) is 0 Å². The van der Waals surface area contributed by atoms with E-state index >= 15 is 0 Å². The number of aliphatic hydroxyl groups excluding tert-OH is 1. The summed E-state index contributed by atoms with van der Waals surface area (Å²) in [5.41, 5.74) is 1.26. The molecule has 2 saturated heterocycles. The molecular weight excluding hydrogens is 448 g/mol. The van der Waals surface area contributed by atoms with Crippen molar-refractivity contribution >= 4 is 17.4 Å². The third-order valence-electron chi connectivity index (χ3n) is 6.23. The third kappa shape index (κ3) is 5.49. The minimum Gasteiger partial charge on any atom is -0.507 e. The lowest BCUT2D eigenvalue weighted by Gasteiger charge is -2.31.